The first-order valence-corrected chi connectivity index (χ1v) is 11.9. The van der Waals surface area contributed by atoms with Crippen LogP contribution >= 0.6 is 11.3 Å². The van der Waals surface area contributed by atoms with Crippen molar-refractivity contribution in [2.75, 3.05) is 37.2 Å². The highest BCUT2D eigenvalue weighted by Gasteiger charge is 2.22. The summed E-state index contributed by atoms with van der Waals surface area (Å²) in [4.78, 5) is 19.7. The SMILES string of the molecule is CC1CC(C)CN(c2ccc(C(=O)Nc3nc(-c4ccc5c(c4)OCO5)cs3)cc2)C1.CO. The number of hydrogen-bond acceptors (Lipinski definition) is 7. The summed E-state index contributed by atoms with van der Waals surface area (Å²) in [6, 6.07) is 13.6. The van der Waals surface area contributed by atoms with Gasteiger partial charge >= 0.3 is 0 Å². The molecule has 2 aliphatic heterocycles. The smallest absolute Gasteiger partial charge is 0.257 e. The number of carbonyl (C=O) groups excluding carboxylic acids is 1. The molecule has 1 aromatic heterocycles. The van der Waals surface area contributed by atoms with Crippen molar-refractivity contribution in [1.29, 1.82) is 0 Å². The highest BCUT2D eigenvalue weighted by Crippen LogP contribution is 2.36. The first kappa shape index (κ1) is 23.1. The zero-order valence-corrected chi connectivity index (χ0v) is 19.9. The molecule has 2 unspecified atom stereocenters. The number of aliphatic hydroxyl groups excluding tert-OH is 1. The molecule has 2 aliphatic rings. The Morgan fingerprint density at radius 2 is 1.76 bits per heavy atom. The quantitative estimate of drug-likeness (QED) is 0.569. The Morgan fingerprint density at radius 3 is 2.48 bits per heavy atom. The van der Waals surface area contributed by atoms with Gasteiger partial charge in [-0.25, -0.2) is 4.98 Å². The molecule has 0 spiro atoms. The van der Waals surface area contributed by atoms with Crippen LogP contribution in [0.15, 0.2) is 47.8 Å². The fourth-order valence-electron chi connectivity index (χ4n) is 4.39. The van der Waals surface area contributed by atoms with Gasteiger partial charge in [-0.2, -0.15) is 0 Å². The fraction of sp³-hybridized carbons (Fsp3) is 0.360. The lowest BCUT2D eigenvalue weighted by Gasteiger charge is -2.36. The number of fused-ring (bicyclic) bond motifs is 1. The van der Waals surface area contributed by atoms with Crippen LogP contribution in [0.2, 0.25) is 0 Å². The first-order chi connectivity index (χ1) is 16.0. The van der Waals surface area contributed by atoms with Crippen LogP contribution in [0.4, 0.5) is 10.8 Å². The maximum atomic E-state index is 12.7. The third kappa shape index (κ3) is 5.29. The van der Waals surface area contributed by atoms with Crippen LogP contribution in [0.1, 0.15) is 30.6 Å². The normalized spacial score (nSPS) is 19.0. The number of piperidine rings is 1. The topological polar surface area (TPSA) is 83.9 Å². The second kappa shape index (κ2) is 10.2. The Balaban J connectivity index is 0.00000126. The molecule has 2 atom stereocenters. The molecule has 0 radical (unpaired) electrons. The van der Waals surface area contributed by atoms with E-state index in [1.54, 1.807) is 0 Å². The maximum absolute atomic E-state index is 12.7. The molecule has 7 nitrogen and oxygen atoms in total. The second-order valence-corrected chi connectivity index (χ2v) is 9.32. The van der Waals surface area contributed by atoms with E-state index >= 15 is 0 Å². The number of hydrogen-bond donors (Lipinski definition) is 2. The summed E-state index contributed by atoms with van der Waals surface area (Å²) in [7, 11) is 1.00. The fourth-order valence-corrected chi connectivity index (χ4v) is 5.10. The van der Waals surface area contributed by atoms with E-state index in [0.717, 1.165) is 37.2 Å². The summed E-state index contributed by atoms with van der Waals surface area (Å²) in [5.74, 6) is 2.68. The van der Waals surface area contributed by atoms with Crippen molar-refractivity contribution >= 4 is 28.1 Å². The Hall–Kier alpha value is -3.10. The summed E-state index contributed by atoms with van der Waals surface area (Å²) in [5.41, 5.74) is 3.52. The molecule has 2 N–H and O–H groups in total. The van der Waals surface area contributed by atoms with E-state index in [0.29, 0.717) is 28.3 Å². The highest BCUT2D eigenvalue weighted by atomic mass is 32.1. The number of aliphatic hydroxyl groups is 1. The zero-order valence-electron chi connectivity index (χ0n) is 19.1. The van der Waals surface area contributed by atoms with Gasteiger partial charge in [-0.05, 0) is 60.7 Å². The van der Waals surface area contributed by atoms with Gasteiger partial charge in [0.1, 0.15) is 0 Å². The predicted molar refractivity (Wildman–Crippen MR) is 131 cm³/mol. The average Bonchev–Trinajstić information content (AvgIpc) is 3.49. The van der Waals surface area contributed by atoms with E-state index in [4.69, 9.17) is 14.6 Å². The molecule has 1 amide bonds. The zero-order chi connectivity index (χ0) is 23.4. The van der Waals surface area contributed by atoms with Gasteiger partial charge in [0.25, 0.3) is 5.91 Å². The minimum absolute atomic E-state index is 0.154. The molecule has 0 aliphatic carbocycles. The molecule has 3 heterocycles. The Labute approximate surface area is 198 Å². The lowest BCUT2D eigenvalue weighted by molar-refractivity contribution is 0.102. The summed E-state index contributed by atoms with van der Waals surface area (Å²) in [6.07, 6.45) is 1.28. The van der Waals surface area contributed by atoms with Crippen molar-refractivity contribution < 1.29 is 19.4 Å². The summed E-state index contributed by atoms with van der Waals surface area (Å²) in [6.45, 7) is 6.98. The Bertz CT molecular complexity index is 1090. The molecule has 0 bridgehead atoms. The molecule has 1 fully saturated rings. The lowest BCUT2D eigenvalue weighted by atomic mass is 9.91. The van der Waals surface area contributed by atoms with Crippen molar-refractivity contribution in [3.05, 3.63) is 53.4 Å². The highest BCUT2D eigenvalue weighted by molar-refractivity contribution is 7.14. The van der Waals surface area contributed by atoms with Crippen LogP contribution in [0.25, 0.3) is 11.3 Å². The van der Waals surface area contributed by atoms with Crippen molar-refractivity contribution in [3.63, 3.8) is 0 Å². The molecule has 33 heavy (non-hydrogen) atoms. The minimum Gasteiger partial charge on any atom is -0.454 e. The van der Waals surface area contributed by atoms with E-state index < -0.39 is 0 Å². The number of nitrogens with one attached hydrogen (secondary N) is 1. The number of benzene rings is 2. The Kier molecular flexibility index (Phi) is 7.15. The van der Waals surface area contributed by atoms with Crippen LogP contribution in [0.5, 0.6) is 11.5 Å². The molecule has 8 heteroatoms. The molecule has 2 aromatic carbocycles. The van der Waals surface area contributed by atoms with Gasteiger partial charge in [0, 0.05) is 42.4 Å². The Morgan fingerprint density at radius 1 is 1.06 bits per heavy atom. The number of rotatable bonds is 4. The van der Waals surface area contributed by atoms with Crippen LogP contribution in [0.3, 0.4) is 0 Å². The third-order valence-corrected chi connectivity index (χ3v) is 6.51. The van der Waals surface area contributed by atoms with Crippen molar-refractivity contribution in [3.8, 4) is 22.8 Å². The number of nitrogens with zero attached hydrogens (tertiary/aromatic N) is 2. The van der Waals surface area contributed by atoms with Crippen molar-refractivity contribution in [2.24, 2.45) is 11.8 Å². The molecule has 0 saturated carbocycles. The maximum Gasteiger partial charge on any atom is 0.257 e. The molecule has 174 valence electrons. The first-order valence-electron chi connectivity index (χ1n) is 11.0. The number of ether oxygens (including phenoxy) is 2. The number of anilines is 2. The molecular formula is C25H29N3O4S. The molecule has 5 rings (SSSR count). The van der Waals surface area contributed by atoms with Crippen LogP contribution in [0, 0.1) is 11.8 Å². The minimum atomic E-state index is -0.154. The largest absolute Gasteiger partial charge is 0.454 e. The standard InChI is InChI=1S/C24H25N3O3S.CH4O/c1-15-9-16(2)12-27(11-15)19-6-3-17(4-7-19)23(28)26-24-25-20(13-31-24)18-5-8-21-22(10-18)30-14-29-21;1-2/h3-8,10,13,15-16H,9,11-12,14H2,1-2H3,(H,25,26,28);2H,1H3. The summed E-state index contributed by atoms with van der Waals surface area (Å²) < 4.78 is 10.8. The monoisotopic (exact) mass is 467 g/mol. The van der Waals surface area contributed by atoms with E-state index in [1.165, 1.54) is 23.4 Å². The number of aromatic nitrogens is 1. The molecule has 3 aromatic rings. The van der Waals surface area contributed by atoms with Gasteiger partial charge in [0.2, 0.25) is 6.79 Å². The van der Waals surface area contributed by atoms with Crippen LogP contribution in [-0.4, -0.2) is 43.0 Å². The lowest BCUT2D eigenvalue weighted by Crippen LogP contribution is -2.38. The van der Waals surface area contributed by atoms with Crippen molar-refractivity contribution in [2.45, 2.75) is 20.3 Å². The second-order valence-electron chi connectivity index (χ2n) is 8.46. The molecular weight excluding hydrogens is 438 g/mol. The predicted octanol–water partition coefficient (Wildman–Crippen LogP) is 4.88. The summed E-state index contributed by atoms with van der Waals surface area (Å²) >= 11 is 1.40. The van der Waals surface area contributed by atoms with E-state index in [2.05, 4.69) is 29.0 Å². The van der Waals surface area contributed by atoms with E-state index in [-0.39, 0.29) is 12.7 Å². The number of thiazole rings is 1. The van der Waals surface area contributed by atoms with Gasteiger partial charge in [0.15, 0.2) is 16.6 Å². The number of amides is 1. The van der Waals surface area contributed by atoms with Crippen LogP contribution in [-0.2, 0) is 0 Å². The number of carbonyl (C=O) groups is 1. The van der Waals surface area contributed by atoms with Gasteiger partial charge in [-0.3, -0.25) is 10.1 Å². The average molecular weight is 468 g/mol. The molecule has 1 saturated heterocycles. The van der Waals surface area contributed by atoms with E-state index in [1.807, 2.05) is 47.8 Å². The van der Waals surface area contributed by atoms with E-state index in [9.17, 15) is 4.79 Å². The van der Waals surface area contributed by atoms with Crippen molar-refractivity contribution in [1.82, 2.24) is 4.98 Å². The van der Waals surface area contributed by atoms with Gasteiger partial charge < -0.3 is 19.5 Å². The summed E-state index contributed by atoms with van der Waals surface area (Å²) in [5, 5.41) is 12.4. The van der Waals surface area contributed by atoms with Crippen LogP contribution < -0.4 is 19.7 Å². The van der Waals surface area contributed by atoms with Gasteiger partial charge in [-0.1, -0.05) is 13.8 Å². The van der Waals surface area contributed by atoms with Gasteiger partial charge in [0.05, 0.1) is 5.69 Å². The third-order valence-electron chi connectivity index (χ3n) is 5.76. The van der Waals surface area contributed by atoms with Gasteiger partial charge in [-0.15, -0.1) is 11.3 Å².